The lowest BCUT2D eigenvalue weighted by Gasteiger charge is -2.33. The smallest absolute Gasteiger partial charge is 0.269 e. The van der Waals surface area contributed by atoms with E-state index in [4.69, 9.17) is 0 Å². The molecule has 9 heteroatoms. The summed E-state index contributed by atoms with van der Waals surface area (Å²) in [6.07, 6.45) is 0.802. The Bertz CT molecular complexity index is 882. The van der Waals surface area contributed by atoms with Crippen LogP contribution in [-0.2, 0) is 9.59 Å². The van der Waals surface area contributed by atoms with E-state index >= 15 is 0 Å². The summed E-state index contributed by atoms with van der Waals surface area (Å²) in [5.41, 5.74) is 0.738. The van der Waals surface area contributed by atoms with Gasteiger partial charge in [-0.25, -0.2) is 5.01 Å². The molecule has 2 saturated carbocycles. The molecule has 6 atom stereocenters. The molecule has 0 N–H and O–H groups in total. The fraction of sp³-hybridized carbons (Fsp3) is 0.556. The minimum Gasteiger partial charge on any atom is -0.280 e. The molecule has 2 aliphatic heterocycles. The average molecular weight is 369 g/mol. The van der Waals surface area contributed by atoms with Crippen molar-refractivity contribution in [2.24, 2.45) is 34.0 Å². The number of carbonyl (C=O) groups is 2. The van der Waals surface area contributed by atoms with Crippen LogP contribution >= 0.6 is 0 Å². The summed E-state index contributed by atoms with van der Waals surface area (Å²) in [5, 5.41) is 21.4. The van der Waals surface area contributed by atoms with Crippen LogP contribution in [0.1, 0.15) is 20.3 Å². The first-order valence-corrected chi connectivity index (χ1v) is 9.21. The lowest BCUT2D eigenvalue weighted by atomic mass is 9.76. The van der Waals surface area contributed by atoms with E-state index in [1.807, 2.05) is 13.8 Å². The van der Waals surface area contributed by atoms with E-state index in [0.29, 0.717) is 0 Å². The van der Waals surface area contributed by atoms with Crippen LogP contribution in [0.5, 0.6) is 0 Å². The molecule has 5 rings (SSSR count). The Kier molecular flexibility index (Phi) is 3.23. The van der Waals surface area contributed by atoms with Gasteiger partial charge in [-0.15, -0.1) is 0 Å². The number of nitrogens with zero attached hydrogens (tertiary/aromatic N) is 5. The van der Waals surface area contributed by atoms with Gasteiger partial charge in [-0.05, 0) is 44.2 Å². The lowest BCUT2D eigenvalue weighted by molar-refractivity contribution is -0.384. The van der Waals surface area contributed by atoms with Gasteiger partial charge in [0.25, 0.3) is 5.69 Å². The highest BCUT2D eigenvalue weighted by molar-refractivity contribution is 6.06. The predicted octanol–water partition coefficient (Wildman–Crippen LogP) is 2.18. The topological polar surface area (TPSA) is 108 Å². The van der Waals surface area contributed by atoms with E-state index < -0.39 is 4.92 Å². The Hall–Kier alpha value is -2.84. The molecule has 1 saturated heterocycles. The average Bonchev–Trinajstić information content (AvgIpc) is 3.35. The molecule has 2 bridgehead atoms. The zero-order chi connectivity index (χ0) is 19.0. The normalized spacial score (nSPS) is 36.1. The van der Waals surface area contributed by atoms with Crippen molar-refractivity contribution in [1.82, 2.24) is 4.90 Å². The largest absolute Gasteiger partial charge is 0.280 e. The molecule has 9 nitrogen and oxygen atoms in total. The molecule has 27 heavy (non-hydrogen) atoms. The number of imide groups is 1. The van der Waals surface area contributed by atoms with Crippen molar-refractivity contribution in [3.63, 3.8) is 0 Å². The zero-order valence-electron chi connectivity index (χ0n) is 14.9. The number of rotatable bonds is 3. The number of nitro benzene ring substituents is 1. The number of nitro groups is 1. The van der Waals surface area contributed by atoms with E-state index in [9.17, 15) is 19.7 Å². The van der Waals surface area contributed by atoms with Crippen LogP contribution in [-0.4, -0.2) is 39.8 Å². The number of fused-ring (bicyclic) bond motifs is 8. The van der Waals surface area contributed by atoms with Crippen molar-refractivity contribution in [3.05, 3.63) is 34.4 Å². The maximum Gasteiger partial charge on any atom is 0.269 e. The fourth-order valence-corrected chi connectivity index (χ4v) is 5.57. The van der Waals surface area contributed by atoms with Gasteiger partial charge in [0.05, 0.1) is 34.5 Å². The summed E-state index contributed by atoms with van der Waals surface area (Å²) in [7, 11) is 0. The molecule has 140 valence electrons. The standard InChI is InChI=1S/C18H19N5O4/c1-8(2)21-17(24)13-11-7-12(14(13)18(21)25)16-15(11)19-20-22(16)9-3-5-10(6-4-9)23(26)27/h3-6,8,11-16H,7H2,1-2H3/t11-,12+,13+,14-,15+,16+/m0/s1. The minimum atomic E-state index is -0.441. The van der Waals surface area contributed by atoms with Crippen LogP contribution in [0.3, 0.4) is 0 Å². The number of carbonyl (C=O) groups excluding carboxylic acids is 2. The lowest BCUT2D eigenvalue weighted by Crippen LogP contribution is -2.47. The summed E-state index contributed by atoms with van der Waals surface area (Å²) < 4.78 is 0. The quantitative estimate of drug-likeness (QED) is 0.461. The van der Waals surface area contributed by atoms with Crippen LogP contribution in [0.25, 0.3) is 0 Å². The highest BCUT2D eigenvalue weighted by Crippen LogP contribution is 2.60. The Morgan fingerprint density at radius 3 is 2.33 bits per heavy atom. The summed E-state index contributed by atoms with van der Waals surface area (Å²) in [6.45, 7) is 3.73. The molecule has 0 spiro atoms. The Morgan fingerprint density at radius 2 is 1.74 bits per heavy atom. The van der Waals surface area contributed by atoms with Crippen molar-refractivity contribution < 1.29 is 14.5 Å². The van der Waals surface area contributed by atoms with Crippen LogP contribution in [0.2, 0.25) is 0 Å². The van der Waals surface area contributed by atoms with Crippen molar-refractivity contribution in [2.75, 3.05) is 5.01 Å². The minimum absolute atomic E-state index is 0.0172. The molecule has 0 unspecified atom stereocenters. The highest BCUT2D eigenvalue weighted by Gasteiger charge is 2.70. The van der Waals surface area contributed by atoms with Crippen LogP contribution < -0.4 is 5.01 Å². The molecular weight excluding hydrogens is 350 g/mol. The monoisotopic (exact) mass is 369 g/mol. The van der Waals surface area contributed by atoms with Gasteiger partial charge in [0.1, 0.15) is 0 Å². The molecule has 0 aromatic heterocycles. The van der Waals surface area contributed by atoms with Crippen LogP contribution in [0, 0.1) is 33.8 Å². The van der Waals surface area contributed by atoms with E-state index in [1.165, 1.54) is 17.0 Å². The molecule has 2 aliphatic carbocycles. The van der Waals surface area contributed by atoms with Gasteiger partial charge >= 0.3 is 0 Å². The second-order valence-electron chi connectivity index (χ2n) is 8.06. The van der Waals surface area contributed by atoms with Gasteiger partial charge in [-0.3, -0.25) is 24.6 Å². The molecule has 4 aliphatic rings. The third-order valence-corrected chi connectivity index (χ3v) is 6.53. The first-order chi connectivity index (χ1) is 12.9. The first-order valence-electron chi connectivity index (χ1n) is 9.21. The van der Waals surface area contributed by atoms with Gasteiger partial charge in [0.15, 0.2) is 0 Å². The van der Waals surface area contributed by atoms with Gasteiger partial charge < -0.3 is 0 Å². The van der Waals surface area contributed by atoms with Crippen molar-refractivity contribution in [2.45, 2.75) is 38.4 Å². The van der Waals surface area contributed by atoms with E-state index in [0.717, 1.165) is 12.1 Å². The number of non-ortho nitro benzene ring substituents is 1. The van der Waals surface area contributed by atoms with Gasteiger partial charge in [-0.2, -0.15) is 5.11 Å². The maximum atomic E-state index is 12.9. The van der Waals surface area contributed by atoms with E-state index in [-0.39, 0.29) is 59.3 Å². The zero-order valence-corrected chi connectivity index (χ0v) is 14.9. The predicted molar refractivity (Wildman–Crippen MR) is 93.6 cm³/mol. The molecule has 3 fully saturated rings. The molecule has 2 amide bonds. The summed E-state index contributed by atoms with van der Waals surface area (Å²) in [6, 6.07) is 5.90. The SMILES string of the molecule is CC(C)N1C(=O)[C@@H]2[C@@H]3C[C@H]([C@@H]2C1=O)[C@@H]1[C@@H]3N=NN1c1ccc([N+](=O)[O-])cc1. The second kappa shape index (κ2) is 5.34. The fourth-order valence-electron chi connectivity index (χ4n) is 5.57. The first kappa shape index (κ1) is 16.3. The molecule has 2 heterocycles. The number of likely N-dealkylation sites (tertiary alicyclic amines) is 1. The van der Waals surface area contributed by atoms with Crippen molar-refractivity contribution in [3.8, 4) is 0 Å². The third kappa shape index (κ3) is 1.99. The number of amides is 2. The number of benzene rings is 1. The van der Waals surface area contributed by atoms with Crippen molar-refractivity contribution in [1.29, 1.82) is 0 Å². The Balaban J connectivity index is 1.46. The summed E-state index contributed by atoms with van der Waals surface area (Å²) in [5.74, 6) is -0.638. The summed E-state index contributed by atoms with van der Waals surface area (Å²) >= 11 is 0. The van der Waals surface area contributed by atoms with Gasteiger partial charge in [0.2, 0.25) is 11.8 Å². The Labute approximate surface area is 155 Å². The highest BCUT2D eigenvalue weighted by atomic mass is 16.6. The van der Waals surface area contributed by atoms with Crippen LogP contribution in [0.4, 0.5) is 11.4 Å². The number of hydrogen-bond acceptors (Lipinski definition) is 7. The van der Waals surface area contributed by atoms with Crippen LogP contribution in [0.15, 0.2) is 34.6 Å². The molecule has 1 aromatic rings. The van der Waals surface area contributed by atoms with E-state index in [1.54, 1.807) is 17.1 Å². The maximum absolute atomic E-state index is 12.9. The molecular formula is C18H19N5O4. The number of anilines is 1. The van der Waals surface area contributed by atoms with Gasteiger partial charge in [0, 0.05) is 18.2 Å². The molecule has 1 aromatic carbocycles. The summed E-state index contributed by atoms with van der Waals surface area (Å²) in [4.78, 5) is 37.6. The third-order valence-electron chi connectivity index (χ3n) is 6.53. The number of hydrogen-bond donors (Lipinski definition) is 0. The van der Waals surface area contributed by atoms with Crippen molar-refractivity contribution >= 4 is 23.2 Å². The second-order valence-corrected chi connectivity index (χ2v) is 8.06. The molecule has 0 radical (unpaired) electrons. The van der Waals surface area contributed by atoms with Gasteiger partial charge in [-0.1, -0.05) is 5.22 Å². The Morgan fingerprint density at radius 1 is 1.11 bits per heavy atom. The van der Waals surface area contributed by atoms with E-state index in [2.05, 4.69) is 10.3 Å².